The molecule has 1 aromatic carbocycles. The number of hydrogen-bond donors (Lipinski definition) is 1. The highest BCUT2D eigenvalue weighted by molar-refractivity contribution is 7.99. The van der Waals surface area contributed by atoms with E-state index in [1.807, 2.05) is 19.1 Å². The number of sulfone groups is 1. The number of benzene rings is 1. The molecule has 6 heteroatoms. The SMILES string of the molecule is CCOCCNCCSc1ccc(S(C)(=O)=O)cc1. The Hall–Kier alpha value is -0.560. The van der Waals surface area contributed by atoms with E-state index >= 15 is 0 Å². The van der Waals surface area contributed by atoms with Crippen LogP contribution < -0.4 is 5.32 Å². The lowest BCUT2D eigenvalue weighted by atomic mass is 10.4. The van der Waals surface area contributed by atoms with Crippen molar-refractivity contribution in [1.82, 2.24) is 5.32 Å². The fourth-order valence-corrected chi connectivity index (χ4v) is 2.88. The molecule has 0 bridgehead atoms. The zero-order valence-electron chi connectivity index (χ0n) is 11.4. The summed E-state index contributed by atoms with van der Waals surface area (Å²) in [6.07, 6.45) is 1.22. The summed E-state index contributed by atoms with van der Waals surface area (Å²) in [6, 6.07) is 7.00. The number of thioether (sulfide) groups is 1. The van der Waals surface area contributed by atoms with E-state index in [-0.39, 0.29) is 0 Å². The lowest BCUT2D eigenvalue weighted by Gasteiger charge is -2.05. The van der Waals surface area contributed by atoms with Crippen LogP contribution >= 0.6 is 11.8 Å². The fourth-order valence-electron chi connectivity index (χ4n) is 1.44. The Balaban J connectivity index is 2.23. The molecular formula is C13H21NO3S2. The summed E-state index contributed by atoms with van der Waals surface area (Å²) >= 11 is 1.71. The topological polar surface area (TPSA) is 55.4 Å². The van der Waals surface area contributed by atoms with Gasteiger partial charge in [0.1, 0.15) is 0 Å². The van der Waals surface area contributed by atoms with Gasteiger partial charge >= 0.3 is 0 Å². The molecule has 0 aliphatic rings. The Morgan fingerprint density at radius 1 is 1.21 bits per heavy atom. The van der Waals surface area contributed by atoms with Gasteiger partial charge in [-0.05, 0) is 31.2 Å². The Bertz CT molecular complexity index is 457. The summed E-state index contributed by atoms with van der Waals surface area (Å²) in [7, 11) is -3.09. The second kappa shape index (κ2) is 8.58. The molecule has 4 nitrogen and oxygen atoms in total. The molecule has 0 spiro atoms. The molecule has 108 valence electrons. The third kappa shape index (κ3) is 6.96. The van der Waals surface area contributed by atoms with E-state index in [1.165, 1.54) is 6.26 Å². The number of hydrogen-bond acceptors (Lipinski definition) is 5. The van der Waals surface area contributed by atoms with Crippen molar-refractivity contribution in [2.75, 3.05) is 38.3 Å². The lowest BCUT2D eigenvalue weighted by Crippen LogP contribution is -2.22. The summed E-state index contributed by atoms with van der Waals surface area (Å²) in [5.41, 5.74) is 0. The second-order valence-corrected chi connectivity index (χ2v) is 7.22. The first-order chi connectivity index (χ1) is 9.04. The second-order valence-electron chi connectivity index (χ2n) is 4.04. The molecule has 0 atom stereocenters. The number of rotatable bonds is 9. The molecule has 1 N–H and O–H groups in total. The predicted octanol–water partition coefficient (Wildman–Crippen LogP) is 1.81. The minimum Gasteiger partial charge on any atom is -0.380 e. The van der Waals surface area contributed by atoms with Crippen LogP contribution in [0.25, 0.3) is 0 Å². The summed E-state index contributed by atoms with van der Waals surface area (Å²) in [5.74, 6) is 0.949. The van der Waals surface area contributed by atoms with Crippen LogP contribution in [0.5, 0.6) is 0 Å². The summed E-state index contributed by atoms with van der Waals surface area (Å²) in [6.45, 7) is 5.25. The van der Waals surface area contributed by atoms with E-state index in [2.05, 4.69) is 5.32 Å². The molecule has 19 heavy (non-hydrogen) atoms. The zero-order valence-corrected chi connectivity index (χ0v) is 13.0. The van der Waals surface area contributed by atoms with Crippen LogP contribution in [0, 0.1) is 0 Å². The van der Waals surface area contributed by atoms with E-state index < -0.39 is 9.84 Å². The molecule has 0 radical (unpaired) electrons. The van der Waals surface area contributed by atoms with Crippen LogP contribution in [0.2, 0.25) is 0 Å². The van der Waals surface area contributed by atoms with Gasteiger partial charge in [0.05, 0.1) is 11.5 Å². The molecule has 0 heterocycles. The van der Waals surface area contributed by atoms with Crippen molar-refractivity contribution in [3.63, 3.8) is 0 Å². The van der Waals surface area contributed by atoms with Crippen molar-refractivity contribution >= 4 is 21.6 Å². The smallest absolute Gasteiger partial charge is 0.175 e. The van der Waals surface area contributed by atoms with Crippen LogP contribution in [-0.2, 0) is 14.6 Å². The average molecular weight is 303 g/mol. The molecule has 0 aliphatic heterocycles. The van der Waals surface area contributed by atoms with Crippen molar-refractivity contribution in [2.24, 2.45) is 0 Å². The van der Waals surface area contributed by atoms with Crippen LogP contribution in [0.1, 0.15) is 6.92 Å². The first-order valence-corrected chi connectivity index (χ1v) is 9.13. The standard InChI is InChI=1S/C13H21NO3S2/c1-3-17-10-8-14-9-11-18-12-4-6-13(7-5-12)19(2,15)16/h4-7,14H,3,8-11H2,1-2H3. The van der Waals surface area contributed by atoms with Gasteiger partial charge in [0.2, 0.25) is 0 Å². The van der Waals surface area contributed by atoms with Crippen LogP contribution in [-0.4, -0.2) is 46.7 Å². The van der Waals surface area contributed by atoms with E-state index in [0.717, 1.165) is 37.0 Å². The monoisotopic (exact) mass is 303 g/mol. The van der Waals surface area contributed by atoms with Crippen LogP contribution in [0.3, 0.4) is 0 Å². The Kier molecular flexibility index (Phi) is 7.45. The van der Waals surface area contributed by atoms with Gasteiger partial charge in [0.15, 0.2) is 9.84 Å². The van der Waals surface area contributed by atoms with Gasteiger partial charge < -0.3 is 10.1 Å². The first kappa shape index (κ1) is 16.5. The van der Waals surface area contributed by atoms with E-state index in [1.54, 1.807) is 23.9 Å². The van der Waals surface area contributed by atoms with Gasteiger partial charge in [-0.1, -0.05) is 0 Å². The third-order valence-corrected chi connectivity index (χ3v) is 4.57. The van der Waals surface area contributed by atoms with Gasteiger partial charge in [-0.25, -0.2) is 8.42 Å². The maximum atomic E-state index is 11.3. The maximum Gasteiger partial charge on any atom is 0.175 e. The molecule has 1 rings (SSSR count). The summed E-state index contributed by atoms with van der Waals surface area (Å²) in [5, 5.41) is 3.28. The molecule has 0 amide bonds. The van der Waals surface area contributed by atoms with Gasteiger partial charge in [-0.15, -0.1) is 11.8 Å². The van der Waals surface area contributed by atoms with E-state index in [9.17, 15) is 8.42 Å². The maximum absolute atomic E-state index is 11.3. The fraction of sp³-hybridized carbons (Fsp3) is 0.538. The summed E-state index contributed by atoms with van der Waals surface area (Å²) in [4.78, 5) is 1.45. The van der Waals surface area contributed by atoms with Crippen molar-refractivity contribution in [3.8, 4) is 0 Å². The highest BCUT2D eigenvalue weighted by Gasteiger charge is 2.05. The molecule has 0 saturated carbocycles. The molecule has 0 aliphatic carbocycles. The minimum absolute atomic E-state index is 0.367. The molecule has 0 unspecified atom stereocenters. The van der Waals surface area contributed by atoms with Crippen LogP contribution in [0.15, 0.2) is 34.1 Å². The molecule has 1 aromatic rings. The van der Waals surface area contributed by atoms with E-state index in [0.29, 0.717) is 4.90 Å². The minimum atomic E-state index is -3.09. The predicted molar refractivity (Wildman–Crippen MR) is 79.6 cm³/mol. The molecule has 0 fully saturated rings. The quantitative estimate of drug-likeness (QED) is 0.557. The molecular weight excluding hydrogens is 282 g/mol. The van der Waals surface area contributed by atoms with Crippen molar-refractivity contribution < 1.29 is 13.2 Å². The Morgan fingerprint density at radius 2 is 1.89 bits per heavy atom. The van der Waals surface area contributed by atoms with Crippen molar-refractivity contribution in [1.29, 1.82) is 0 Å². The number of nitrogens with one attached hydrogen (secondary N) is 1. The largest absolute Gasteiger partial charge is 0.380 e. The molecule has 0 aromatic heterocycles. The van der Waals surface area contributed by atoms with Gasteiger partial charge in [0.25, 0.3) is 0 Å². The first-order valence-electron chi connectivity index (χ1n) is 6.25. The van der Waals surface area contributed by atoms with Gasteiger partial charge in [0, 0.05) is 36.6 Å². The highest BCUT2D eigenvalue weighted by atomic mass is 32.2. The average Bonchev–Trinajstić information content (AvgIpc) is 2.37. The summed E-state index contributed by atoms with van der Waals surface area (Å²) < 4.78 is 27.8. The van der Waals surface area contributed by atoms with Crippen molar-refractivity contribution in [3.05, 3.63) is 24.3 Å². The normalized spacial score (nSPS) is 11.7. The third-order valence-electron chi connectivity index (χ3n) is 2.43. The van der Waals surface area contributed by atoms with E-state index in [4.69, 9.17) is 4.74 Å². The van der Waals surface area contributed by atoms with Gasteiger partial charge in [-0.3, -0.25) is 0 Å². The zero-order chi connectivity index (χ0) is 14.1. The molecule has 0 saturated heterocycles. The number of ether oxygens (including phenoxy) is 1. The lowest BCUT2D eigenvalue weighted by molar-refractivity contribution is 0.150. The van der Waals surface area contributed by atoms with Crippen molar-refractivity contribution in [2.45, 2.75) is 16.7 Å². The van der Waals surface area contributed by atoms with Gasteiger partial charge in [-0.2, -0.15) is 0 Å². The Morgan fingerprint density at radius 3 is 2.47 bits per heavy atom. The highest BCUT2D eigenvalue weighted by Crippen LogP contribution is 2.19. The Labute approximate surface area is 119 Å². The van der Waals surface area contributed by atoms with Crippen LogP contribution in [0.4, 0.5) is 0 Å².